The molecule has 1 aliphatic heterocycles. The van der Waals surface area contributed by atoms with Crippen molar-refractivity contribution in [3.63, 3.8) is 0 Å². The Hall–Kier alpha value is -2.46. The highest BCUT2D eigenvalue weighted by Crippen LogP contribution is 2.19. The molecule has 0 saturated heterocycles. The van der Waals surface area contributed by atoms with Gasteiger partial charge in [0, 0.05) is 11.2 Å². The molecule has 0 radical (unpaired) electrons. The Morgan fingerprint density at radius 1 is 1.10 bits per heavy atom. The van der Waals surface area contributed by atoms with Crippen LogP contribution < -0.4 is 0 Å². The fraction of sp³-hybridized carbons (Fsp3) is 0. The summed E-state index contributed by atoms with van der Waals surface area (Å²) in [5, 5.41) is 0.638. The minimum absolute atomic E-state index is 0.218. The molecular formula is C15H9ClN2O2. The Morgan fingerprint density at radius 3 is 2.60 bits per heavy atom. The van der Waals surface area contributed by atoms with Crippen LogP contribution in [0.5, 0.6) is 0 Å². The van der Waals surface area contributed by atoms with Crippen LogP contribution in [0.15, 0.2) is 59.4 Å². The molecule has 5 heteroatoms. The number of hydrogen-bond acceptors (Lipinski definition) is 4. The lowest BCUT2D eigenvalue weighted by Gasteiger charge is -1.96. The molecule has 0 aliphatic carbocycles. The SMILES string of the molecule is O=C1OC(c2ccccn2)=N/C1=C/c1ccc(Cl)cc1. The summed E-state index contributed by atoms with van der Waals surface area (Å²) >= 11 is 5.81. The highest BCUT2D eigenvalue weighted by molar-refractivity contribution is 6.30. The quantitative estimate of drug-likeness (QED) is 0.629. The summed E-state index contributed by atoms with van der Waals surface area (Å²) in [7, 11) is 0. The number of carbonyl (C=O) groups is 1. The van der Waals surface area contributed by atoms with Gasteiger partial charge in [-0.3, -0.25) is 4.98 Å². The molecule has 1 aromatic carbocycles. The number of halogens is 1. The zero-order valence-electron chi connectivity index (χ0n) is 10.3. The van der Waals surface area contributed by atoms with Crippen LogP contribution in [0.4, 0.5) is 0 Å². The van der Waals surface area contributed by atoms with E-state index in [0.29, 0.717) is 10.7 Å². The van der Waals surface area contributed by atoms with Crippen LogP contribution >= 0.6 is 11.6 Å². The van der Waals surface area contributed by atoms with E-state index in [1.165, 1.54) is 0 Å². The monoisotopic (exact) mass is 284 g/mol. The van der Waals surface area contributed by atoms with Gasteiger partial charge in [0.1, 0.15) is 5.69 Å². The van der Waals surface area contributed by atoms with Crippen LogP contribution in [0.2, 0.25) is 5.02 Å². The highest BCUT2D eigenvalue weighted by Gasteiger charge is 2.24. The first-order valence-corrected chi connectivity index (χ1v) is 6.30. The fourth-order valence-corrected chi connectivity index (χ4v) is 1.85. The van der Waals surface area contributed by atoms with Gasteiger partial charge >= 0.3 is 5.97 Å². The predicted molar refractivity (Wildman–Crippen MR) is 76.3 cm³/mol. The van der Waals surface area contributed by atoms with Gasteiger partial charge in [0.05, 0.1) is 0 Å². The third-order valence-electron chi connectivity index (χ3n) is 2.68. The lowest BCUT2D eigenvalue weighted by Crippen LogP contribution is -2.06. The summed E-state index contributed by atoms with van der Waals surface area (Å²) in [6.45, 7) is 0. The Labute approximate surface area is 120 Å². The number of carbonyl (C=O) groups excluding carboxylic acids is 1. The molecule has 0 unspecified atom stereocenters. The number of aromatic nitrogens is 1. The van der Waals surface area contributed by atoms with Gasteiger partial charge in [-0.1, -0.05) is 29.8 Å². The Morgan fingerprint density at radius 2 is 1.90 bits per heavy atom. The molecule has 1 aliphatic rings. The second kappa shape index (κ2) is 5.27. The van der Waals surface area contributed by atoms with Crippen LogP contribution in [0.1, 0.15) is 11.3 Å². The maximum atomic E-state index is 11.8. The molecule has 4 nitrogen and oxygen atoms in total. The van der Waals surface area contributed by atoms with Gasteiger partial charge in [-0.2, -0.15) is 0 Å². The third kappa shape index (κ3) is 2.60. The molecule has 0 atom stereocenters. The third-order valence-corrected chi connectivity index (χ3v) is 2.93. The molecule has 0 fully saturated rings. The first-order chi connectivity index (χ1) is 9.72. The molecule has 2 aromatic rings. The standard InChI is InChI=1S/C15H9ClN2O2/c16-11-6-4-10(5-7-11)9-13-15(19)20-14(18-13)12-3-1-2-8-17-12/h1-9H/b13-9+. The van der Waals surface area contributed by atoms with E-state index in [0.717, 1.165) is 5.56 Å². The van der Waals surface area contributed by atoms with Gasteiger partial charge in [0.25, 0.3) is 0 Å². The minimum Gasteiger partial charge on any atom is -0.400 e. The molecule has 0 bridgehead atoms. The summed E-state index contributed by atoms with van der Waals surface area (Å²) in [5.74, 6) is -0.267. The van der Waals surface area contributed by atoms with E-state index in [2.05, 4.69) is 9.98 Å². The van der Waals surface area contributed by atoms with Gasteiger partial charge in [-0.25, -0.2) is 9.79 Å². The van der Waals surface area contributed by atoms with E-state index in [-0.39, 0.29) is 11.6 Å². The van der Waals surface area contributed by atoms with E-state index in [1.807, 2.05) is 0 Å². The second-order valence-corrected chi connectivity index (χ2v) is 4.54. The summed E-state index contributed by atoms with van der Waals surface area (Å²) in [4.78, 5) is 20.0. The maximum absolute atomic E-state index is 11.8. The van der Waals surface area contributed by atoms with E-state index in [4.69, 9.17) is 16.3 Å². The highest BCUT2D eigenvalue weighted by atomic mass is 35.5. The first kappa shape index (κ1) is 12.6. The van der Waals surface area contributed by atoms with E-state index < -0.39 is 5.97 Å². The lowest BCUT2D eigenvalue weighted by atomic mass is 10.2. The van der Waals surface area contributed by atoms with E-state index in [1.54, 1.807) is 54.7 Å². The molecule has 0 amide bonds. The van der Waals surface area contributed by atoms with Gasteiger partial charge in [0.2, 0.25) is 5.90 Å². The van der Waals surface area contributed by atoms with Crippen LogP contribution in [-0.2, 0) is 9.53 Å². The summed E-state index contributed by atoms with van der Waals surface area (Å²) < 4.78 is 5.11. The summed E-state index contributed by atoms with van der Waals surface area (Å²) in [6, 6.07) is 12.4. The molecular weight excluding hydrogens is 276 g/mol. The molecule has 3 rings (SSSR count). The second-order valence-electron chi connectivity index (χ2n) is 4.10. The van der Waals surface area contributed by atoms with Crippen LogP contribution in [0.25, 0.3) is 6.08 Å². The Balaban J connectivity index is 1.92. The number of aliphatic imine (C=N–C) groups is 1. The Kier molecular flexibility index (Phi) is 3.31. The number of ether oxygens (including phenoxy) is 1. The van der Waals surface area contributed by atoms with Crippen LogP contribution in [0, 0.1) is 0 Å². The first-order valence-electron chi connectivity index (χ1n) is 5.92. The summed E-state index contributed by atoms with van der Waals surface area (Å²) in [5.41, 5.74) is 1.60. The van der Waals surface area contributed by atoms with Gasteiger partial charge < -0.3 is 4.74 Å². The normalized spacial score (nSPS) is 16.1. The van der Waals surface area contributed by atoms with Crippen molar-refractivity contribution in [1.29, 1.82) is 0 Å². The number of hydrogen-bond donors (Lipinski definition) is 0. The predicted octanol–water partition coefficient (Wildman–Crippen LogP) is 3.08. The van der Waals surface area contributed by atoms with Crippen molar-refractivity contribution < 1.29 is 9.53 Å². The van der Waals surface area contributed by atoms with Crippen LogP contribution in [-0.4, -0.2) is 16.9 Å². The largest absolute Gasteiger partial charge is 0.400 e. The molecule has 1 aromatic heterocycles. The number of benzene rings is 1. The molecule has 0 saturated carbocycles. The fourth-order valence-electron chi connectivity index (χ4n) is 1.72. The number of rotatable bonds is 2. The zero-order chi connectivity index (χ0) is 13.9. The Bertz CT molecular complexity index is 706. The number of pyridine rings is 1. The number of nitrogens with zero attached hydrogens (tertiary/aromatic N) is 2. The van der Waals surface area contributed by atoms with Gasteiger partial charge in [-0.15, -0.1) is 0 Å². The van der Waals surface area contributed by atoms with Gasteiger partial charge in [-0.05, 0) is 35.9 Å². The molecule has 0 N–H and O–H groups in total. The van der Waals surface area contributed by atoms with Crippen molar-refractivity contribution in [2.75, 3.05) is 0 Å². The molecule has 0 spiro atoms. The molecule has 98 valence electrons. The minimum atomic E-state index is -0.486. The average Bonchev–Trinajstić information content (AvgIpc) is 2.84. The summed E-state index contributed by atoms with van der Waals surface area (Å²) in [6.07, 6.45) is 3.27. The number of esters is 1. The topological polar surface area (TPSA) is 51.5 Å². The van der Waals surface area contributed by atoms with Crippen LogP contribution in [0.3, 0.4) is 0 Å². The lowest BCUT2D eigenvalue weighted by molar-refractivity contribution is -0.129. The average molecular weight is 285 g/mol. The maximum Gasteiger partial charge on any atom is 0.363 e. The van der Waals surface area contributed by atoms with Crippen molar-refractivity contribution in [3.05, 3.63) is 70.6 Å². The molecule has 20 heavy (non-hydrogen) atoms. The van der Waals surface area contributed by atoms with Crippen molar-refractivity contribution in [3.8, 4) is 0 Å². The molecule has 2 heterocycles. The van der Waals surface area contributed by atoms with E-state index >= 15 is 0 Å². The number of cyclic esters (lactones) is 1. The van der Waals surface area contributed by atoms with Gasteiger partial charge in [0.15, 0.2) is 5.70 Å². The van der Waals surface area contributed by atoms with Crippen molar-refractivity contribution in [2.45, 2.75) is 0 Å². The smallest absolute Gasteiger partial charge is 0.363 e. The zero-order valence-corrected chi connectivity index (χ0v) is 11.0. The van der Waals surface area contributed by atoms with Crippen molar-refractivity contribution >= 4 is 29.5 Å². The van der Waals surface area contributed by atoms with Crippen molar-refractivity contribution in [2.24, 2.45) is 4.99 Å². The van der Waals surface area contributed by atoms with Crippen molar-refractivity contribution in [1.82, 2.24) is 4.98 Å². The van der Waals surface area contributed by atoms with E-state index in [9.17, 15) is 4.79 Å².